The lowest BCUT2D eigenvalue weighted by Gasteiger charge is -2.41. The van der Waals surface area contributed by atoms with Crippen molar-refractivity contribution in [3.8, 4) is 17.0 Å². The second-order valence-corrected chi connectivity index (χ2v) is 17.0. The maximum Gasteiger partial charge on any atom is 0.328 e. The molecule has 4 saturated heterocycles. The number of amides is 4. The van der Waals surface area contributed by atoms with Gasteiger partial charge < -0.3 is 29.9 Å². The van der Waals surface area contributed by atoms with Crippen molar-refractivity contribution in [1.82, 2.24) is 34.9 Å². The molecule has 324 valence electrons. The predicted octanol–water partition coefficient (Wildman–Crippen LogP) is 5.86. The number of hydrogen-bond acceptors (Lipinski definition) is 11. The fourth-order valence-corrected chi connectivity index (χ4v) is 9.49. The van der Waals surface area contributed by atoms with Crippen LogP contribution in [0.4, 0.5) is 30.8 Å². The van der Waals surface area contributed by atoms with Gasteiger partial charge in [-0.05, 0) is 86.1 Å². The van der Waals surface area contributed by atoms with E-state index in [1.165, 1.54) is 11.1 Å². The number of pyridine rings is 1. The molecule has 2 atom stereocenters. The van der Waals surface area contributed by atoms with Crippen LogP contribution in [0.5, 0.6) is 5.75 Å². The van der Waals surface area contributed by atoms with E-state index in [0.29, 0.717) is 85.1 Å². The van der Waals surface area contributed by atoms with E-state index in [2.05, 4.69) is 25.4 Å². The molecule has 62 heavy (non-hydrogen) atoms. The third kappa shape index (κ3) is 8.01. The van der Waals surface area contributed by atoms with Gasteiger partial charge in [0.05, 0.1) is 36.4 Å². The molecule has 9 rings (SSSR count). The number of urea groups is 1. The number of nitrogens with one attached hydrogen (secondary N) is 1. The van der Waals surface area contributed by atoms with Crippen molar-refractivity contribution >= 4 is 46.1 Å². The summed E-state index contributed by atoms with van der Waals surface area (Å²) in [5.41, 5.74) is 12.2. The number of hydrogen-bond donors (Lipinski definition) is 3. The summed E-state index contributed by atoms with van der Waals surface area (Å²) in [6.07, 6.45) is 4.84. The summed E-state index contributed by atoms with van der Waals surface area (Å²) in [5.74, 6) is -2.80. The van der Waals surface area contributed by atoms with E-state index in [4.69, 9.17) is 10.5 Å². The molecule has 5 aromatic rings. The third-order valence-corrected chi connectivity index (χ3v) is 12.9. The predicted molar refractivity (Wildman–Crippen MR) is 229 cm³/mol. The number of carbonyl (C=O) groups is 3. The lowest BCUT2D eigenvalue weighted by molar-refractivity contribution is -0.120. The number of likely N-dealkylation sites (tertiary alicyclic amines) is 2. The Morgan fingerprint density at radius 1 is 0.984 bits per heavy atom. The third-order valence-electron chi connectivity index (χ3n) is 12.9. The Bertz CT molecular complexity index is 2540. The molecule has 0 saturated carbocycles. The number of anilines is 3. The van der Waals surface area contributed by atoms with E-state index in [0.717, 1.165) is 29.5 Å². The molecular weight excluding hydrogens is 799 g/mol. The number of rotatable bonds is 8. The molecule has 0 bridgehead atoms. The first-order chi connectivity index (χ1) is 29.8. The number of nitrogens with zero attached hydrogens (tertiary/aromatic N) is 8. The number of nitrogen functional groups attached to an aromatic ring is 1. The molecule has 4 aliphatic heterocycles. The van der Waals surface area contributed by atoms with Crippen molar-refractivity contribution in [3.05, 3.63) is 89.2 Å². The van der Waals surface area contributed by atoms with E-state index in [1.807, 2.05) is 54.0 Å². The van der Waals surface area contributed by atoms with E-state index in [-0.39, 0.29) is 61.3 Å². The number of phenols is 1. The number of fused-ring (bicyclic) bond motifs is 1. The van der Waals surface area contributed by atoms with E-state index in [1.54, 1.807) is 35.0 Å². The minimum Gasteiger partial charge on any atom is -0.507 e. The summed E-state index contributed by atoms with van der Waals surface area (Å²) >= 11 is 0. The summed E-state index contributed by atoms with van der Waals surface area (Å²) < 4.78 is 39.8. The maximum absolute atomic E-state index is 16.0. The molecule has 1 unspecified atom stereocenters. The maximum atomic E-state index is 16.0. The fourth-order valence-electron chi connectivity index (χ4n) is 9.49. The van der Waals surface area contributed by atoms with Crippen molar-refractivity contribution in [2.24, 2.45) is 5.92 Å². The zero-order chi connectivity index (χ0) is 43.3. The fraction of sp³-hybridized carbons (Fsp3) is 0.422. The SMILES string of the molecule is Cc1cc([C@@H]2CN(c3cc(-c4ccccc4O)nnc3N)CCO2)ccc1C(=O)N1CCC(CN2CCC(n3cc(C)c4cc(N5CCC(=O)NC5=O)cnc43)C(F)(F)C2)CC1. The van der Waals surface area contributed by atoms with E-state index < -0.39 is 18.0 Å². The number of benzene rings is 2. The number of alkyl halides is 2. The highest BCUT2D eigenvalue weighted by Gasteiger charge is 2.46. The van der Waals surface area contributed by atoms with Crippen molar-refractivity contribution in [1.29, 1.82) is 0 Å². The summed E-state index contributed by atoms with van der Waals surface area (Å²) in [6.45, 7) is 7.37. The van der Waals surface area contributed by atoms with Gasteiger partial charge in [0, 0.05) is 74.9 Å². The van der Waals surface area contributed by atoms with Gasteiger partial charge in [0.2, 0.25) is 5.91 Å². The standard InChI is InChI=1S/C45H50F2N10O5/c1-27-19-30(38-25-55(17-18-62-38)36-21-35(51-52-41(36)48)33-5-3-4-6-37(33)58)7-8-32(27)43(60)54-14-9-29(10-15-54)24-53-13-11-39(45(46,47)26-53)57-23-28(2)34-20-31(22-49-42(34)57)56-16-12-40(59)50-44(56)61/h3-8,19-23,29,38-39,58H,9-18,24-26H2,1-2H3,(H2,48,52)(H,50,59,61)/t38-,39?/m0/s1. The number of nitrogens with two attached hydrogens (primary N) is 1. The van der Waals surface area contributed by atoms with Gasteiger partial charge in [-0.3, -0.25) is 24.7 Å². The van der Waals surface area contributed by atoms with Gasteiger partial charge in [-0.15, -0.1) is 10.2 Å². The zero-order valence-electron chi connectivity index (χ0n) is 34.8. The number of aromatic hydroxyl groups is 1. The number of para-hydroxylation sites is 1. The molecule has 7 heterocycles. The van der Waals surface area contributed by atoms with E-state index in [9.17, 15) is 19.5 Å². The summed E-state index contributed by atoms with van der Waals surface area (Å²) in [7, 11) is 0. The highest BCUT2D eigenvalue weighted by molar-refractivity contribution is 6.06. The average molecular weight is 849 g/mol. The number of aromatic nitrogens is 4. The molecule has 4 amide bonds. The Hall–Kier alpha value is -6.20. The van der Waals surface area contributed by atoms with Crippen LogP contribution in [0.25, 0.3) is 22.3 Å². The van der Waals surface area contributed by atoms with Gasteiger partial charge >= 0.3 is 6.03 Å². The monoisotopic (exact) mass is 848 g/mol. The van der Waals surface area contributed by atoms with Crippen LogP contribution in [0.2, 0.25) is 0 Å². The highest BCUT2D eigenvalue weighted by atomic mass is 19.3. The molecule has 4 fully saturated rings. The van der Waals surface area contributed by atoms with Crippen LogP contribution < -0.4 is 20.9 Å². The Balaban J connectivity index is 0.790. The first kappa shape index (κ1) is 41.2. The molecule has 0 spiro atoms. The lowest BCUT2D eigenvalue weighted by Crippen LogP contribution is -2.51. The van der Waals surface area contributed by atoms with Crippen molar-refractivity contribution in [3.63, 3.8) is 0 Å². The van der Waals surface area contributed by atoms with Crippen molar-refractivity contribution in [2.75, 3.05) is 74.5 Å². The molecular formula is C45H50F2N10O5. The van der Waals surface area contributed by atoms with Gasteiger partial charge in [-0.2, -0.15) is 0 Å². The number of phenolic OH excluding ortho intramolecular Hbond substituents is 1. The van der Waals surface area contributed by atoms with Crippen LogP contribution in [0.1, 0.15) is 64.9 Å². The molecule has 2 aromatic carbocycles. The number of halogens is 2. The van der Waals surface area contributed by atoms with Crippen molar-refractivity contribution < 1.29 is 33.0 Å². The highest BCUT2D eigenvalue weighted by Crippen LogP contribution is 2.41. The zero-order valence-corrected chi connectivity index (χ0v) is 34.8. The molecule has 4 N–H and O–H groups in total. The Morgan fingerprint density at radius 3 is 2.55 bits per heavy atom. The second-order valence-electron chi connectivity index (χ2n) is 17.0. The van der Waals surface area contributed by atoms with Gasteiger partial charge in [0.25, 0.3) is 11.8 Å². The van der Waals surface area contributed by atoms with Crippen LogP contribution in [-0.2, 0) is 9.53 Å². The normalized spacial score (nSPS) is 21.4. The van der Waals surface area contributed by atoms with Crippen LogP contribution in [0.3, 0.4) is 0 Å². The Morgan fingerprint density at radius 2 is 1.79 bits per heavy atom. The molecule has 15 nitrogen and oxygen atoms in total. The molecule has 0 aliphatic carbocycles. The first-order valence-electron chi connectivity index (χ1n) is 21.2. The van der Waals surface area contributed by atoms with E-state index >= 15 is 8.78 Å². The van der Waals surface area contributed by atoms with Gasteiger partial charge in [0.15, 0.2) is 5.82 Å². The van der Waals surface area contributed by atoms with Crippen molar-refractivity contribution in [2.45, 2.75) is 57.6 Å². The number of carbonyl (C=O) groups excluding carboxylic acids is 3. The molecule has 17 heteroatoms. The van der Waals surface area contributed by atoms with Crippen LogP contribution in [0, 0.1) is 19.8 Å². The number of ether oxygens (including phenoxy) is 1. The molecule has 4 aliphatic rings. The number of imide groups is 1. The second kappa shape index (κ2) is 16.6. The van der Waals surface area contributed by atoms with Crippen LogP contribution in [-0.4, -0.2) is 117 Å². The molecule has 0 radical (unpaired) electrons. The quantitative estimate of drug-likeness (QED) is 0.171. The largest absolute Gasteiger partial charge is 0.507 e. The summed E-state index contributed by atoms with van der Waals surface area (Å²) in [5, 5.41) is 21.8. The Labute approximate surface area is 357 Å². The van der Waals surface area contributed by atoms with Gasteiger partial charge in [-0.25, -0.2) is 18.6 Å². The number of aryl methyl sites for hydroxylation is 2. The summed E-state index contributed by atoms with van der Waals surface area (Å²) in [4.78, 5) is 49.7. The Kier molecular flexibility index (Phi) is 11.0. The smallest absolute Gasteiger partial charge is 0.328 e. The average Bonchev–Trinajstić information content (AvgIpc) is 3.58. The molecule has 3 aromatic heterocycles. The number of piperidine rings is 2. The lowest BCUT2D eigenvalue weighted by atomic mass is 9.93. The minimum absolute atomic E-state index is 0.0392. The topological polar surface area (TPSA) is 175 Å². The van der Waals surface area contributed by atoms with Gasteiger partial charge in [0.1, 0.15) is 23.5 Å². The first-order valence-corrected chi connectivity index (χ1v) is 21.2. The number of morpholine rings is 1. The summed E-state index contributed by atoms with van der Waals surface area (Å²) in [6, 6.07) is 14.8. The van der Waals surface area contributed by atoms with Crippen LogP contribution in [0.15, 0.2) is 67.0 Å². The minimum atomic E-state index is -3.01. The van der Waals surface area contributed by atoms with Gasteiger partial charge in [-0.1, -0.05) is 24.3 Å². The van der Waals surface area contributed by atoms with Crippen LogP contribution >= 0.6 is 0 Å².